The van der Waals surface area contributed by atoms with Gasteiger partial charge in [-0.05, 0) is 103 Å². The van der Waals surface area contributed by atoms with Crippen molar-refractivity contribution >= 4 is 17.9 Å². The molecule has 0 saturated heterocycles. The molecule has 0 aromatic rings. The Kier molecular flexibility index (Phi) is 66.6. The van der Waals surface area contributed by atoms with Gasteiger partial charge in [0.05, 0.1) is 0 Å². The molecule has 1 atom stereocenters. The fraction of sp³-hybridized carbons (Fsp3) is 0.851. The Morgan fingerprint density at radius 3 is 0.725 bits per heavy atom. The highest BCUT2D eigenvalue weighted by Gasteiger charge is 2.19. The zero-order valence-corrected chi connectivity index (χ0v) is 53.9. The standard InChI is InChI=1S/C74H136O6/c1-4-7-10-13-16-19-22-25-28-31-32-33-34-35-36-37-38-39-40-41-42-44-46-49-52-55-58-61-64-67-73(76)79-70-71(69-78-72(75)66-63-60-57-54-51-48-45-30-27-24-21-18-15-12-9-6-3)80-74(77)68-65-62-59-56-53-50-47-43-29-26-23-20-17-14-11-8-5-2/h17,20,26,29-32,45,71H,4-16,18-19,21-25,27-28,33-44,46-70H2,1-3H3/b20-17-,29-26-,32-31-,45-30-. The molecule has 1 unspecified atom stereocenters. The third-order valence-electron chi connectivity index (χ3n) is 16.0. The van der Waals surface area contributed by atoms with Crippen molar-refractivity contribution in [2.75, 3.05) is 13.2 Å². The quantitative estimate of drug-likeness (QED) is 0.0261. The number of ether oxygens (including phenoxy) is 3. The van der Waals surface area contributed by atoms with Gasteiger partial charge in [0.2, 0.25) is 0 Å². The fourth-order valence-corrected chi connectivity index (χ4v) is 10.6. The molecular formula is C74H136O6. The lowest BCUT2D eigenvalue weighted by Gasteiger charge is -2.18. The first-order valence-electron chi connectivity index (χ1n) is 35.6. The van der Waals surface area contributed by atoms with Crippen LogP contribution in [-0.2, 0) is 28.6 Å². The van der Waals surface area contributed by atoms with E-state index in [-0.39, 0.29) is 31.1 Å². The minimum absolute atomic E-state index is 0.0754. The SMILES string of the molecule is CCCCC/C=C\C/C=C\CCCCCCCCCC(=O)OC(COC(=O)CCCCCCC/C=C\CCCCCCCCC)COC(=O)CCCCCCCCCCCCCCCCCCC/C=C\CCCCCCCCCC. The number of esters is 3. The first-order valence-corrected chi connectivity index (χ1v) is 35.6. The van der Waals surface area contributed by atoms with Crippen molar-refractivity contribution in [3.63, 3.8) is 0 Å². The minimum atomic E-state index is -0.781. The van der Waals surface area contributed by atoms with Crippen LogP contribution in [0, 0.1) is 0 Å². The summed E-state index contributed by atoms with van der Waals surface area (Å²) in [5.41, 5.74) is 0. The van der Waals surface area contributed by atoms with Gasteiger partial charge in [0.25, 0.3) is 0 Å². The second kappa shape index (κ2) is 68.9. The molecule has 0 amide bonds. The molecule has 468 valence electrons. The Balaban J connectivity index is 4.23. The third kappa shape index (κ3) is 66.2. The molecule has 0 aliphatic heterocycles. The Morgan fingerprint density at radius 2 is 0.450 bits per heavy atom. The Hall–Kier alpha value is -2.63. The van der Waals surface area contributed by atoms with Crippen LogP contribution in [0.2, 0.25) is 0 Å². The van der Waals surface area contributed by atoms with Crippen LogP contribution in [0.5, 0.6) is 0 Å². The van der Waals surface area contributed by atoms with Crippen molar-refractivity contribution in [2.24, 2.45) is 0 Å². The summed E-state index contributed by atoms with van der Waals surface area (Å²) in [7, 11) is 0. The smallest absolute Gasteiger partial charge is 0.306 e. The summed E-state index contributed by atoms with van der Waals surface area (Å²) in [6.07, 6.45) is 87.1. The van der Waals surface area contributed by atoms with Gasteiger partial charge in [0.1, 0.15) is 13.2 Å². The highest BCUT2D eigenvalue weighted by Crippen LogP contribution is 2.18. The Bertz CT molecular complexity index is 1380. The summed E-state index contributed by atoms with van der Waals surface area (Å²) >= 11 is 0. The minimum Gasteiger partial charge on any atom is -0.462 e. The summed E-state index contributed by atoms with van der Waals surface area (Å²) in [6.45, 7) is 6.66. The van der Waals surface area contributed by atoms with Gasteiger partial charge in [-0.25, -0.2) is 0 Å². The van der Waals surface area contributed by atoms with E-state index in [1.54, 1.807) is 0 Å². The Morgan fingerprint density at radius 1 is 0.250 bits per heavy atom. The first-order chi connectivity index (χ1) is 39.5. The van der Waals surface area contributed by atoms with Crippen LogP contribution in [0.1, 0.15) is 387 Å². The lowest BCUT2D eigenvalue weighted by molar-refractivity contribution is -0.167. The molecule has 0 heterocycles. The van der Waals surface area contributed by atoms with Gasteiger partial charge >= 0.3 is 17.9 Å². The number of carbonyl (C=O) groups excluding carboxylic acids is 3. The van der Waals surface area contributed by atoms with Gasteiger partial charge in [-0.3, -0.25) is 14.4 Å². The fourth-order valence-electron chi connectivity index (χ4n) is 10.6. The average molecular weight is 1120 g/mol. The molecule has 0 fully saturated rings. The number of unbranched alkanes of at least 4 members (excludes halogenated alkanes) is 47. The van der Waals surface area contributed by atoms with Gasteiger partial charge in [-0.2, -0.15) is 0 Å². The maximum atomic E-state index is 12.9. The van der Waals surface area contributed by atoms with E-state index in [4.69, 9.17) is 14.2 Å². The maximum Gasteiger partial charge on any atom is 0.306 e. The predicted molar refractivity (Wildman–Crippen MR) is 349 cm³/mol. The number of hydrogen-bond acceptors (Lipinski definition) is 6. The normalized spacial score (nSPS) is 12.3. The summed E-state index contributed by atoms with van der Waals surface area (Å²) in [5.74, 6) is -0.867. The molecular weight excluding hydrogens is 985 g/mol. The van der Waals surface area contributed by atoms with Gasteiger partial charge < -0.3 is 14.2 Å². The summed E-state index contributed by atoms with van der Waals surface area (Å²) < 4.78 is 17.0. The molecule has 0 aromatic heterocycles. The van der Waals surface area contributed by atoms with Crippen molar-refractivity contribution in [1.82, 2.24) is 0 Å². The monoisotopic (exact) mass is 1120 g/mol. The number of rotatable bonds is 66. The van der Waals surface area contributed by atoms with E-state index < -0.39 is 6.10 Å². The van der Waals surface area contributed by atoms with Crippen LogP contribution in [-0.4, -0.2) is 37.2 Å². The summed E-state index contributed by atoms with van der Waals surface area (Å²) in [5, 5.41) is 0. The zero-order chi connectivity index (χ0) is 57.8. The van der Waals surface area contributed by atoms with E-state index in [2.05, 4.69) is 69.4 Å². The van der Waals surface area contributed by atoms with Crippen LogP contribution in [0.25, 0.3) is 0 Å². The number of hydrogen-bond donors (Lipinski definition) is 0. The van der Waals surface area contributed by atoms with E-state index in [1.165, 1.54) is 270 Å². The molecule has 0 N–H and O–H groups in total. The molecule has 0 aromatic carbocycles. The first kappa shape index (κ1) is 77.4. The molecule has 0 radical (unpaired) electrons. The third-order valence-corrected chi connectivity index (χ3v) is 16.0. The van der Waals surface area contributed by atoms with Crippen LogP contribution in [0.3, 0.4) is 0 Å². The molecule has 0 saturated carbocycles. The van der Waals surface area contributed by atoms with E-state index in [9.17, 15) is 14.4 Å². The van der Waals surface area contributed by atoms with E-state index in [0.717, 1.165) is 77.0 Å². The van der Waals surface area contributed by atoms with Gasteiger partial charge in [0.15, 0.2) is 6.10 Å². The van der Waals surface area contributed by atoms with E-state index in [0.29, 0.717) is 19.3 Å². The summed E-state index contributed by atoms with van der Waals surface area (Å²) in [4.78, 5) is 38.4. The van der Waals surface area contributed by atoms with Gasteiger partial charge in [-0.15, -0.1) is 0 Å². The molecule has 6 nitrogen and oxygen atoms in total. The largest absolute Gasteiger partial charge is 0.462 e. The molecule has 0 rings (SSSR count). The maximum absolute atomic E-state index is 12.9. The van der Waals surface area contributed by atoms with Crippen LogP contribution in [0.15, 0.2) is 48.6 Å². The lowest BCUT2D eigenvalue weighted by Crippen LogP contribution is -2.30. The molecule has 0 aliphatic rings. The predicted octanol–water partition coefficient (Wildman–Crippen LogP) is 24.5. The second-order valence-corrected chi connectivity index (χ2v) is 24.1. The zero-order valence-electron chi connectivity index (χ0n) is 53.9. The highest BCUT2D eigenvalue weighted by atomic mass is 16.6. The number of carbonyl (C=O) groups is 3. The van der Waals surface area contributed by atoms with Crippen LogP contribution >= 0.6 is 0 Å². The molecule has 80 heavy (non-hydrogen) atoms. The molecule has 0 bridgehead atoms. The summed E-state index contributed by atoms with van der Waals surface area (Å²) in [6, 6.07) is 0. The van der Waals surface area contributed by atoms with Crippen molar-refractivity contribution in [3.05, 3.63) is 48.6 Å². The van der Waals surface area contributed by atoms with Crippen LogP contribution in [0.4, 0.5) is 0 Å². The van der Waals surface area contributed by atoms with E-state index >= 15 is 0 Å². The second-order valence-electron chi connectivity index (χ2n) is 24.1. The Labute approximate surface area is 498 Å². The highest BCUT2D eigenvalue weighted by molar-refractivity contribution is 5.71. The van der Waals surface area contributed by atoms with Gasteiger partial charge in [-0.1, -0.05) is 313 Å². The lowest BCUT2D eigenvalue weighted by atomic mass is 10.0. The van der Waals surface area contributed by atoms with Crippen molar-refractivity contribution in [2.45, 2.75) is 393 Å². The van der Waals surface area contributed by atoms with Gasteiger partial charge in [0, 0.05) is 19.3 Å². The van der Waals surface area contributed by atoms with E-state index in [1.807, 2.05) is 0 Å². The number of allylic oxidation sites excluding steroid dienone is 8. The molecule has 0 aliphatic carbocycles. The van der Waals surface area contributed by atoms with Crippen molar-refractivity contribution in [1.29, 1.82) is 0 Å². The van der Waals surface area contributed by atoms with Crippen molar-refractivity contribution in [3.8, 4) is 0 Å². The molecule has 0 spiro atoms. The van der Waals surface area contributed by atoms with Crippen LogP contribution < -0.4 is 0 Å². The topological polar surface area (TPSA) is 78.9 Å². The molecule has 6 heteroatoms. The van der Waals surface area contributed by atoms with Crippen molar-refractivity contribution < 1.29 is 28.6 Å². The average Bonchev–Trinajstić information content (AvgIpc) is 3.46.